The van der Waals surface area contributed by atoms with Crippen molar-refractivity contribution in [2.75, 3.05) is 12.4 Å². The van der Waals surface area contributed by atoms with Crippen LogP contribution in [0.5, 0.6) is 0 Å². The van der Waals surface area contributed by atoms with Crippen LogP contribution in [0.4, 0.5) is 4.39 Å². The van der Waals surface area contributed by atoms with Crippen LogP contribution in [0.25, 0.3) is 0 Å². The minimum Gasteiger partial charge on any atom is -0.392 e. The fraction of sp³-hybridized carbons (Fsp3) is 0.647. The van der Waals surface area contributed by atoms with E-state index in [1.54, 1.807) is 23.9 Å². The predicted octanol–water partition coefficient (Wildman–Crippen LogP) is 4.02. The fourth-order valence-electron chi connectivity index (χ4n) is 3.61. The standard InChI is InChI=1S/C17H23FO2S/c18-14-3-5-15(6-4-14)21-12-16(19)13-7-10-20-17(11-13)8-1-2-9-17/h3-6,13,16,19H,1-2,7-12H2. The van der Waals surface area contributed by atoms with E-state index in [4.69, 9.17) is 4.74 Å². The van der Waals surface area contributed by atoms with Gasteiger partial charge in [-0.3, -0.25) is 0 Å². The summed E-state index contributed by atoms with van der Waals surface area (Å²) in [6.07, 6.45) is 6.47. The third kappa shape index (κ3) is 3.79. The van der Waals surface area contributed by atoms with Crippen molar-refractivity contribution in [3.8, 4) is 0 Å². The molecule has 2 nitrogen and oxygen atoms in total. The minimum atomic E-state index is -0.304. The predicted molar refractivity (Wildman–Crippen MR) is 83.0 cm³/mol. The van der Waals surface area contributed by atoms with E-state index in [1.165, 1.54) is 25.0 Å². The molecule has 2 atom stereocenters. The van der Waals surface area contributed by atoms with Crippen LogP contribution in [0.3, 0.4) is 0 Å². The third-order valence-corrected chi connectivity index (χ3v) is 5.94. The zero-order valence-electron chi connectivity index (χ0n) is 12.3. The number of benzene rings is 1. The zero-order chi connectivity index (χ0) is 14.7. The Morgan fingerprint density at radius 2 is 2.00 bits per heavy atom. The van der Waals surface area contributed by atoms with Gasteiger partial charge in [0.2, 0.25) is 0 Å². The number of hydrogen-bond donors (Lipinski definition) is 1. The monoisotopic (exact) mass is 310 g/mol. The summed E-state index contributed by atoms with van der Waals surface area (Å²) < 4.78 is 18.9. The molecule has 1 aliphatic carbocycles. The molecule has 0 aromatic heterocycles. The van der Waals surface area contributed by atoms with E-state index in [0.717, 1.165) is 37.2 Å². The molecule has 4 heteroatoms. The van der Waals surface area contributed by atoms with E-state index in [-0.39, 0.29) is 17.5 Å². The van der Waals surface area contributed by atoms with Crippen LogP contribution < -0.4 is 0 Å². The number of thioether (sulfide) groups is 1. The SMILES string of the molecule is OC(CSc1ccc(F)cc1)C1CCOC2(CCCC2)C1. The van der Waals surface area contributed by atoms with Gasteiger partial charge >= 0.3 is 0 Å². The first-order valence-electron chi connectivity index (χ1n) is 7.87. The van der Waals surface area contributed by atoms with Crippen molar-refractivity contribution in [1.82, 2.24) is 0 Å². The Morgan fingerprint density at radius 1 is 1.29 bits per heavy atom. The number of aliphatic hydroxyl groups is 1. The molecule has 2 fully saturated rings. The van der Waals surface area contributed by atoms with Crippen LogP contribution in [0.2, 0.25) is 0 Å². The lowest BCUT2D eigenvalue weighted by Crippen LogP contribution is -2.41. The van der Waals surface area contributed by atoms with Gasteiger partial charge in [0.25, 0.3) is 0 Å². The molecular weight excluding hydrogens is 287 g/mol. The third-order valence-electron chi connectivity index (χ3n) is 4.82. The number of rotatable bonds is 4. The maximum Gasteiger partial charge on any atom is 0.123 e. The molecule has 21 heavy (non-hydrogen) atoms. The fourth-order valence-corrected chi connectivity index (χ4v) is 4.57. The van der Waals surface area contributed by atoms with Crippen LogP contribution in [0, 0.1) is 11.7 Å². The van der Waals surface area contributed by atoms with Gasteiger partial charge in [-0.2, -0.15) is 0 Å². The summed E-state index contributed by atoms with van der Waals surface area (Å²) in [7, 11) is 0. The van der Waals surface area contributed by atoms with E-state index in [1.807, 2.05) is 0 Å². The average Bonchev–Trinajstić information content (AvgIpc) is 2.94. The number of hydrogen-bond acceptors (Lipinski definition) is 3. The summed E-state index contributed by atoms with van der Waals surface area (Å²) in [5.74, 6) is 0.795. The molecule has 116 valence electrons. The summed E-state index contributed by atoms with van der Waals surface area (Å²) >= 11 is 1.60. The maximum absolute atomic E-state index is 12.9. The van der Waals surface area contributed by atoms with Gasteiger partial charge in [-0.1, -0.05) is 12.8 Å². The maximum atomic E-state index is 12.9. The highest BCUT2D eigenvalue weighted by molar-refractivity contribution is 7.99. The first-order valence-corrected chi connectivity index (χ1v) is 8.86. The highest BCUT2D eigenvalue weighted by atomic mass is 32.2. The highest BCUT2D eigenvalue weighted by Crippen LogP contribution is 2.43. The van der Waals surface area contributed by atoms with Gasteiger partial charge in [-0.25, -0.2) is 4.39 Å². The van der Waals surface area contributed by atoms with Crippen molar-refractivity contribution in [1.29, 1.82) is 0 Å². The Bertz CT molecular complexity index is 456. The summed E-state index contributed by atoms with van der Waals surface area (Å²) in [4.78, 5) is 1.01. The van der Waals surface area contributed by atoms with Crippen molar-refractivity contribution in [3.05, 3.63) is 30.1 Å². The lowest BCUT2D eigenvalue weighted by atomic mass is 9.82. The van der Waals surface area contributed by atoms with E-state index in [9.17, 15) is 9.50 Å². The lowest BCUT2D eigenvalue weighted by Gasteiger charge is -2.40. The molecule has 1 spiro atoms. The van der Waals surface area contributed by atoms with E-state index < -0.39 is 0 Å². The van der Waals surface area contributed by atoms with E-state index >= 15 is 0 Å². The number of ether oxygens (including phenoxy) is 1. The van der Waals surface area contributed by atoms with Crippen molar-refractivity contribution in [2.24, 2.45) is 5.92 Å². The molecule has 3 rings (SSSR count). The Labute approximate surface area is 130 Å². The van der Waals surface area contributed by atoms with Crippen molar-refractivity contribution in [2.45, 2.75) is 55.1 Å². The molecule has 0 amide bonds. The summed E-state index contributed by atoms with van der Waals surface area (Å²) in [5, 5.41) is 10.5. The molecule has 0 radical (unpaired) electrons. The number of aliphatic hydroxyl groups excluding tert-OH is 1. The summed E-state index contributed by atoms with van der Waals surface area (Å²) in [6, 6.07) is 6.48. The minimum absolute atomic E-state index is 0.0600. The molecule has 2 aliphatic rings. The Balaban J connectivity index is 1.52. The molecule has 1 aromatic rings. The van der Waals surface area contributed by atoms with Crippen molar-refractivity contribution >= 4 is 11.8 Å². The molecule has 1 heterocycles. The van der Waals surface area contributed by atoms with Gasteiger partial charge in [-0.15, -0.1) is 11.8 Å². The molecule has 1 N–H and O–H groups in total. The lowest BCUT2D eigenvalue weighted by molar-refractivity contribution is -0.109. The Morgan fingerprint density at radius 3 is 2.71 bits per heavy atom. The van der Waals surface area contributed by atoms with Crippen molar-refractivity contribution in [3.63, 3.8) is 0 Å². The molecule has 1 saturated heterocycles. The van der Waals surface area contributed by atoms with Gasteiger partial charge in [-0.05, 0) is 55.9 Å². The van der Waals surface area contributed by atoms with Crippen LogP contribution in [0.1, 0.15) is 38.5 Å². The van der Waals surface area contributed by atoms with Crippen LogP contribution >= 0.6 is 11.8 Å². The summed E-state index contributed by atoms with van der Waals surface area (Å²) in [6.45, 7) is 0.781. The molecule has 1 aromatic carbocycles. The van der Waals surface area contributed by atoms with Gasteiger partial charge < -0.3 is 9.84 Å². The van der Waals surface area contributed by atoms with Crippen molar-refractivity contribution < 1.29 is 14.2 Å². The molecule has 1 saturated carbocycles. The first kappa shape index (κ1) is 15.3. The number of halogens is 1. The summed E-state index contributed by atoms with van der Waals surface area (Å²) in [5.41, 5.74) is 0.0600. The van der Waals surface area contributed by atoms with E-state index in [0.29, 0.717) is 11.7 Å². The normalized spacial score (nSPS) is 26.1. The van der Waals surface area contributed by atoms with Crippen LogP contribution in [-0.4, -0.2) is 29.2 Å². The smallest absolute Gasteiger partial charge is 0.123 e. The quantitative estimate of drug-likeness (QED) is 0.852. The zero-order valence-corrected chi connectivity index (χ0v) is 13.1. The van der Waals surface area contributed by atoms with E-state index in [2.05, 4.69) is 0 Å². The molecule has 1 aliphatic heterocycles. The largest absolute Gasteiger partial charge is 0.392 e. The second-order valence-corrected chi connectivity index (χ2v) is 7.42. The van der Waals surface area contributed by atoms with Crippen LogP contribution in [-0.2, 0) is 4.74 Å². The van der Waals surface area contributed by atoms with Gasteiger partial charge in [0.05, 0.1) is 11.7 Å². The Kier molecular flexibility index (Phi) is 4.87. The molecular formula is C17H23FO2S. The molecule has 2 unspecified atom stereocenters. The van der Waals surface area contributed by atoms with Gasteiger partial charge in [0, 0.05) is 17.3 Å². The Hall–Kier alpha value is -0.580. The second-order valence-electron chi connectivity index (χ2n) is 6.32. The highest BCUT2D eigenvalue weighted by Gasteiger charge is 2.41. The average molecular weight is 310 g/mol. The van der Waals surface area contributed by atoms with Gasteiger partial charge in [0.15, 0.2) is 0 Å². The van der Waals surface area contributed by atoms with Gasteiger partial charge in [0.1, 0.15) is 5.82 Å². The molecule has 0 bridgehead atoms. The topological polar surface area (TPSA) is 29.5 Å². The van der Waals surface area contributed by atoms with Crippen LogP contribution in [0.15, 0.2) is 29.2 Å². The second kappa shape index (κ2) is 6.67. The first-order chi connectivity index (χ1) is 10.2.